The van der Waals surface area contributed by atoms with Crippen molar-refractivity contribution in [3.63, 3.8) is 0 Å². The number of hydrogen-bond acceptors (Lipinski definition) is 4. The van der Waals surface area contributed by atoms with Gasteiger partial charge < -0.3 is 10.6 Å². The molecule has 1 aromatic carbocycles. The molecule has 0 aromatic heterocycles. The Bertz CT molecular complexity index is 659. The fraction of sp³-hybridized carbons (Fsp3) is 0.375. The minimum absolute atomic E-state index is 0.0153. The van der Waals surface area contributed by atoms with Crippen LogP contribution in [0.15, 0.2) is 41.3 Å². The summed E-state index contributed by atoms with van der Waals surface area (Å²) in [6.45, 7) is 5.53. The van der Waals surface area contributed by atoms with E-state index in [1.807, 2.05) is 20.8 Å². The molecule has 1 unspecified atom stereocenters. The standard InChI is InChI=1S/C16H19F2N3O2S/c1-16(2,3)9-11(22)19-13-12(17)24-15(21(13)18)20-14(23)10-7-5-4-6-8-10/h4-8,15H,9H2,1-3H3,(H,19,22)(H,20,23). The van der Waals surface area contributed by atoms with Crippen molar-refractivity contribution in [3.05, 3.63) is 46.9 Å². The van der Waals surface area contributed by atoms with E-state index in [0.29, 0.717) is 17.3 Å². The number of amides is 2. The first kappa shape index (κ1) is 18.3. The van der Waals surface area contributed by atoms with Gasteiger partial charge in [-0.05, 0) is 29.3 Å². The van der Waals surface area contributed by atoms with Crippen LogP contribution < -0.4 is 10.6 Å². The van der Waals surface area contributed by atoms with Gasteiger partial charge in [-0.25, -0.2) is 0 Å². The number of nitrogens with one attached hydrogen (secondary N) is 2. The number of carbonyl (C=O) groups excluding carboxylic acids is 2. The van der Waals surface area contributed by atoms with Crippen LogP contribution in [0, 0.1) is 5.41 Å². The molecule has 0 aliphatic carbocycles. The Balaban J connectivity index is 1.98. The fourth-order valence-corrected chi connectivity index (χ4v) is 2.84. The summed E-state index contributed by atoms with van der Waals surface area (Å²) < 4.78 is 28.2. The van der Waals surface area contributed by atoms with Crippen molar-refractivity contribution < 1.29 is 18.5 Å². The van der Waals surface area contributed by atoms with E-state index in [1.165, 1.54) is 0 Å². The van der Waals surface area contributed by atoms with Gasteiger partial charge >= 0.3 is 0 Å². The van der Waals surface area contributed by atoms with Crippen molar-refractivity contribution in [2.45, 2.75) is 32.7 Å². The summed E-state index contributed by atoms with van der Waals surface area (Å²) in [5.41, 5.74) is -1.26. The van der Waals surface area contributed by atoms with Gasteiger partial charge in [-0.1, -0.05) is 43.5 Å². The minimum atomic E-state index is -1.28. The third-order valence-corrected chi connectivity index (χ3v) is 3.99. The second kappa shape index (κ2) is 7.21. The van der Waals surface area contributed by atoms with Crippen LogP contribution in [0.5, 0.6) is 0 Å². The van der Waals surface area contributed by atoms with Crippen molar-refractivity contribution >= 4 is 23.6 Å². The van der Waals surface area contributed by atoms with Gasteiger partial charge in [0.2, 0.25) is 11.1 Å². The van der Waals surface area contributed by atoms with Crippen LogP contribution in [0.4, 0.5) is 8.87 Å². The Labute approximate surface area is 143 Å². The summed E-state index contributed by atoms with van der Waals surface area (Å²) in [4.78, 5) is 23.9. The summed E-state index contributed by atoms with van der Waals surface area (Å²) in [5.74, 6) is -1.61. The first-order valence-corrected chi connectivity index (χ1v) is 8.22. The molecule has 130 valence electrons. The highest BCUT2D eigenvalue weighted by atomic mass is 32.2. The maximum Gasteiger partial charge on any atom is 0.253 e. The normalized spacial score (nSPS) is 17.9. The van der Waals surface area contributed by atoms with Crippen molar-refractivity contribution in [2.24, 2.45) is 5.41 Å². The summed E-state index contributed by atoms with van der Waals surface area (Å²) in [5, 5.41) is 3.72. The number of nitrogens with zero attached hydrogens (tertiary/aromatic N) is 1. The summed E-state index contributed by atoms with van der Waals surface area (Å²) in [7, 11) is 0. The Hall–Kier alpha value is -2.09. The molecule has 0 saturated heterocycles. The molecule has 0 bridgehead atoms. The lowest BCUT2D eigenvalue weighted by atomic mass is 9.92. The molecule has 1 aromatic rings. The minimum Gasteiger partial charge on any atom is -0.321 e. The summed E-state index contributed by atoms with van der Waals surface area (Å²) in [6.07, 6.45) is 0.114. The van der Waals surface area contributed by atoms with Crippen molar-refractivity contribution in [3.8, 4) is 0 Å². The first-order valence-electron chi connectivity index (χ1n) is 7.34. The Morgan fingerprint density at radius 1 is 1.25 bits per heavy atom. The van der Waals surface area contributed by atoms with Crippen LogP contribution in [0.1, 0.15) is 37.6 Å². The first-order chi connectivity index (χ1) is 11.2. The number of carbonyl (C=O) groups is 2. The van der Waals surface area contributed by atoms with Gasteiger partial charge in [0.05, 0.1) is 0 Å². The molecule has 1 heterocycles. The Morgan fingerprint density at radius 2 is 1.88 bits per heavy atom. The largest absolute Gasteiger partial charge is 0.321 e. The van der Waals surface area contributed by atoms with E-state index in [2.05, 4.69) is 10.6 Å². The van der Waals surface area contributed by atoms with Crippen LogP contribution in [0.25, 0.3) is 0 Å². The van der Waals surface area contributed by atoms with Crippen LogP contribution >= 0.6 is 11.8 Å². The van der Waals surface area contributed by atoms with Crippen molar-refractivity contribution in [1.82, 2.24) is 15.8 Å². The quantitative estimate of drug-likeness (QED) is 0.814. The molecule has 24 heavy (non-hydrogen) atoms. The second-order valence-corrected chi connectivity index (χ2v) is 7.57. The third kappa shape index (κ3) is 4.70. The topological polar surface area (TPSA) is 61.4 Å². The number of thioether (sulfide) groups is 1. The number of halogens is 2. The predicted octanol–water partition coefficient (Wildman–Crippen LogP) is 3.28. The van der Waals surface area contributed by atoms with Crippen LogP contribution in [-0.4, -0.2) is 22.4 Å². The zero-order valence-electron chi connectivity index (χ0n) is 13.6. The van der Waals surface area contributed by atoms with E-state index < -0.39 is 28.3 Å². The third-order valence-electron chi connectivity index (χ3n) is 3.06. The highest BCUT2D eigenvalue weighted by Gasteiger charge is 2.36. The highest BCUT2D eigenvalue weighted by molar-refractivity contribution is 8.03. The fourth-order valence-electron chi connectivity index (χ4n) is 2.03. The highest BCUT2D eigenvalue weighted by Crippen LogP contribution is 2.37. The smallest absolute Gasteiger partial charge is 0.253 e. The van der Waals surface area contributed by atoms with Gasteiger partial charge in [0.25, 0.3) is 5.91 Å². The average molecular weight is 355 g/mol. The zero-order valence-corrected chi connectivity index (χ0v) is 14.4. The van der Waals surface area contributed by atoms with Gasteiger partial charge in [0.1, 0.15) is 0 Å². The molecule has 2 rings (SSSR count). The van der Waals surface area contributed by atoms with Gasteiger partial charge in [-0.15, -0.1) is 0 Å². The van der Waals surface area contributed by atoms with E-state index >= 15 is 0 Å². The lowest BCUT2D eigenvalue weighted by Gasteiger charge is -2.21. The molecule has 1 atom stereocenters. The molecule has 0 saturated carbocycles. The predicted molar refractivity (Wildman–Crippen MR) is 88.6 cm³/mol. The van der Waals surface area contributed by atoms with Gasteiger partial charge in [0, 0.05) is 12.0 Å². The second-order valence-electron chi connectivity index (χ2n) is 6.53. The van der Waals surface area contributed by atoms with E-state index in [1.54, 1.807) is 30.3 Å². The Kier molecular flexibility index (Phi) is 5.48. The van der Waals surface area contributed by atoms with Gasteiger partial charge in [-0.2, -0.15) is 9.51 Å². The van der Waals surface area contributed by atoms with Crippen molar-refractivity contribution in [2.75, 3.05) is 0 Å². The summed E-state index contributed by atoms with van der Waals surface area (Å²) >= 11 is 0.482. The van der Waals surface area contributed by atoms with E-state index in [-0.39, 0.29) is 17.0 Å². The molecule has 8 heteroatoms. The SMILES string of the molecule is CC(C)(C)CC(=O)NC1=C(F)SC(NC(=O)c2ccccc2)N1F. The molecule has 0 fully saturated rings. The van der Waals surface area contributed by atoms with Gasteiger partial charge in [-0.3, -0.25) is 9.59 Å². The average Bonchev–Trinajstić information content (AvgIpc) is 2.74. The zero-order chi connectivity index (χ0) is 17.9. The van der Waals surface area contributed by atoms with Gasteiger partial charge in [0.15, 0.2) is 11.3 Å². The van der Waals surface area contributed by atoms with Crippen LogP contribution in [-0.2, 0) is 4.79 Å². The van der Waals surface area contributed by atoms with Crippen LogP contribution in [0.2, 0.25) is 0 Å². The molecule has 1 aliphatic heterocycles. The molecular weight excluding hydrogens is 336 g/mol. The Morgan fingerprint density at radius 3 is 2.46 bits per heavy atom. The number of rotatable bonds is 4. The molecule has 1 aliphatic rings. The maximum absolute atomic E-state index is 14.3. The molecule has 2 N–H and O–H groups in total. The number of hydrogen-bond donors (Lipinski definition) is 2. The van der Waals surface area contributed by atoms with E-state index in [0.717, 1.165) is 0 Å². The lowest BCUT2D eigenvalue weighted by molar-refractivity contribution is -0.123. The van der Waals surface area contributed by atoms with E-state index in [4.69, 9.17) is 0 Å². The summed E-state index contributed by atoms with van der Waals surface area (Å²) in [6, 6.07) is 8.20. The number of benzene rings is 1. The maximum atomic E-state index is 14.3. The molecule has 0 radical (unpaired) electrons. The monoisotopic (exact) mass is 355 g/mol. The molecular formula is C16H19F2N3O2S. The van der Waals surface area contributed by atoms with Crippen LogP contribution in [0.3, 0.4) is 0 Å². The molecule has 5 nitrogen and oxygen atoms in total. The molecule has 2 amide bonds. The lowest BCUT2D eigenvalue weighted by Crippen LogP contribution is -2.42. The van der Waals surface area contributed by atoms with E-state index in [9.17, 15) is 18.5 Å². The van der Waals surface area contributed by atoms with Crippen molar-refractivity contribution in [1.29, 1.82) is 0 Å². The molecule has 0 spiro atoms.